The molecule has 0 fully saturated rings. The van der Waals surface area contributed by atoms with Crippen molar-refractivity contribution in [3.05, 3.63) is 35.9 Å². The van der Waals surface area contributed by atoms with Gasteiger partial charge in [-0.1, -0.05) is 51.1 Å². The molecule has 0 heterocycles. The quantitative estimate of drug-likeness (QED) is 0.846. The summed E-state index contributed by atoms with van der Waals surface area (Å²) < 4.78 is 0. The van der Waals surface area contributed by atoms with Crippen LogP contribution in [0.1, 0.15) is 51.6 Å². The molecule has 0 bridgehead atoms. The highest BCUT2D eigenvalue weighted by Gasteiger charge is 2.15. The molecule has 94 valence electrons. The summed E-state index contributed by atoms with van der Waals surface area (Å²) in [6.45, 7) is 6.45. The average Bonchev–Trinajstić information content (AvgIpc) is 2.27. The van der Waals surface area contributed by atoms with Crippen LogP contribution >= 0.6 is 0 Å². The Hall–Kier alpha value is -1.15. The standard InChI is InChI=1S/C15H23NO/c1-15(2,3)10-9-13(17)11-14(16)12-7-5-4-6-8-12/h4-8,14H,9-11,16H2,1-3H3. The zero-order valence-corrected chi connectivity index (χ0v) is 11.1. The number of benzene rings is 1. The molecule has 2 N–H and O–H groups in total. The van der Waals surface area contributed by atoms with Gasteiger partial charge < -0.3 is 5.73 Å². The monoisotopic (exact) mass is 233 g/mol. The molecule has 0 aromatic heterocycles. The molecule has 0 radical (unpaired) electrons. The zero-order chi connectivity index (χ0) is 12.9. The molecule has 0 aliphatic carbocycles. The van der Waals surface area contributed by atoms with E-state index < -0.39 is 0 Å². The predicted octanol–water partition coefficient (Wildman–Crippen LogP) is 3.47. The Labute approximate surface area is 104 Å². The molecule has 1 rings (SSSR count). The summed E-state index contributed by atoms with van der Waals surface area (Å²) in [5.74, 6) is 0.260. The van der Waals surface area contributed by atoms with Crippen LogP contribution in [0.2, 0.25) is 0 Å². The highest BCUT2D eigenvalue weighted by Crippen LogP contribution is 2.22. The lowest BCUT2D eigenvalue weighted by Crippen LogP contribution is -2.17. The minimum Gasteiger partial charge on any atom is -0.324 e. The van der Waals surface area contributed by atoms with Gasteiger partial charge in [-0.05, 0) is 17.4 Å². The van der Waals surface area contributed by atoms with Crippen LogP contribution in [0.5, 0.6) is 0 Å². The van der Waals surface area contributed by atoms with Crippen molar-refractivity contribution in [3.8, 4) is 0 Å². The number of nitrogens with two attached hydrogens (primary N) is 1. The van der Waals surface area contributed by atoms with Crippen LogP contribution in [0.15, 0.2) is 30.3 Å². The Morgan fingerprint density at radius 1 is 1.24 bits per heavy atom. The second-order valence-electron chi connectivity index (χ2n) is 5.82. The SMILES string of the molecule is CC(C)(C)CCC(=O)CC(N)c1ccccc1. The Morgan fingerprint density at radius 3 is 2.35 bits per heavy atom. The van der Waals surface area contributed by atoms with Gasteiger partial charge in [0.1, 0.15) is 5.78 Å². The van der Waals surface area contributed by atoms with Crippen LogP contribution in [-0.4, -0.2) is 5.78 Å². The lowest BCUT2D eigenvalue weighted by atomic mass is 9.88. The topological polar surface area (TPSA) is 43.1 Å². The highest BCUT2D eigenvalue weighted by atomic mass is 16.1. The summed E-state index contributed by atoms with van der Waals surface area (Å²) in [6, 6.07) is 9.65. The van der Waals surface area contributed by atoms with Gasteiger partial charge in [-0.15, -0.1) is 0 Å². The van der Waals surface area contributed by atoms with Gasteiger partial charge in [0.25, 0.3) is 0 Å². The van der Waals surface area contributed by atoms with E-state index in [0.29, 0.717) is 12.8 Å². The van der Waals surface area contributed by atoms with E-state index in [1.165, 1.54) is 0 Å². The first kappa shape index (κ1) is 13.9. The molecule has 1 atom stereocenters. The van der Waals surface area contributed by atoms with Crippen LogP contribution in [-0.2, 0) is 4.79 Å². The number of rotatable bonds is 5. The average molecular weight is 233 g/mol. The Kier molecular flexibility index (Phi) is 4.88. The molecule has 2 nitrogen and oxygen atoms in total. The molecule has 0 amide bonds. The maximum atomic E-state index is 11.8. The van der Waals surface area contributed by atoms with Crippen molar-refractivity contribution < 1.29 is 4.79 Å². The van der Waals surface area contributed by atoms with Crippen LogP contribution in [0.4, 0.5) is 0 Å². The summed E-state index contributed by atoms with van der Waals surface area (Å²) in [5, 5.41) is 0. The lowest BCUT2D eigenvalue weighted by molar-refractivity contribution is -0.119. The maximum Gasteiger partial charge on any atom is 0.134 e. The Morgan fingerprint density at radius 2 is 1.82 bits per heavy atom. The van der Waals surface area contributed by atoms with Gasteiger partial charge in [0.05, 0.1) is 0 Å². The van der Waals surface area contributed by atoms with Crippen molar-refractivity contribution in [1.29, 1.82) is 0 Å². The summed E-state index contributed by atoms with van der Waals surface area (Å²) in [7, 11) is 0. The Balaban J connectivity index is 2.42. The van der Waals surface area contributed by atoms with E-state index in [-0.39, 0.29) is 17.2 Å². The van der Waals surface area contributed by atoms with E-state index in [4.69, 9.17) is 5.73 Å². The number of hydrogen-bond acceptors (Lipinski definition) is 2. The van der Waals surface area contributed by atoms with E-state index in [0.717, 1.165) is 12.0 Å². The third-order valence-corrected chi connectivity index (χ3v) is 2.83. The molecular weight excluding hydrogens is 210 g/mol. The third-order valence-electron chi connectivity index (χ3n) is 2.83. The van der Waals surface area contributed by atoms with Crippen LogP contribution in [0.3, 0.4) is 0 Å². The molecule has 0 saturated heterocycles. The van der Waals surface area contributed by atoms with Crippen LogP contribution in [0, 0.1) is 5.41 Å². The van der Waals surface area contributed by atoms with Crippen LogP contribution < -0.4 is 5.73 Å². The molecule has 0 aliphatic rings. The fraction of sp³-hybridized carbons (Fsp3) is 0.533. The minimum atomic E-state index is -0.163. The highest BCUT2D eigenvalue weighted by molar-refractivity contribution is 5.79. The van der Waals surface area contributed by atoms with Gasteiger partial charge in [0.2, 0.25) is 0 Å². The van der Waals surface area contributed by atoms with E-state index in [2.05, 4.69) is 20.8 Å². The van der Waals surface area contributed by atoms with E-state index in [1.54, 1.807) is 0 Å². The molecule has 17 heavy (non-hydrogen) atoms. The van der Waals surface area contributed by atoms with Gasteiger partial charge in [0, 0.05) is 18.9 Å². The van der Waals surface area contributed by atoms with Gasteiger partial charge in [-0.2, -0.15) is 0 Å². The van der Waals surface area contributed by atoms with E-state index >= 15 is 0 Å². The van der Waals surface area contributed by atoms with Gasteiger partial charge in [-0.3, -0.25) is 4.79 Å². The fourth-order valence-electron chi connectivity index (χ4n) is 1.68. The van der Waals surface area contributed by atoms with Crippen molar-refractivity contribution >= 4 is 5.78 Å². The lowest BCUT2D eigenvalue weighted by Gasteiger charge is -2.18. The molecule has 0 saturated carbocycles. The molecule has 1 aromatic rings. The van der Waals surface area contributed by atoms with Gasteiger partial charge in [0.15, 0.2) is 0 Å². The summed E-state index contributed by atoms with van der Waals surface area (Å²) in [4.78, 5) is 11.8. The fourth-order valence-corrected chi connectivity index (χ4v) is 1.68. The molecule has 0 spiro atoms. The summed E-state index contributed by atoms with van der Waals surface area (Å²) >= 11 is 0. The third kappa shape index (κ3) is 5.64. The number of carbonyl (C=O) groups is 1. The van der Waals surface area contributed by atoms with Crippen molar-refractivity contribution in [2.75, 3.05) is 0 Å². The number of carbonyl (C=O) groups excluding carboxylic acids is 1. The van der Waals surface area contributed by atoms with E-state index in [9.17, 15) is 4.79 Å². The van der Waals surface area contributed by atoms with E-state index in [1.807, 2.05) is 30.3 Å². The second kappa shape index (κ2) is 5.97. The number of Topliss-reactive ketones (excluding diaryl/α,β-unsaturated/α-hetero) is 1. The zero-order valence-electron chi connectivity index (χ0n) is 11.1. The molecule has 0 aliphatic heterocycles. The molecular formula is C15H23NO. The largest absolute Gasteiger partial charge is 0.324 e. The maximum absolute atomic E-state index is 11.8. The molecule has 1 aromatic carbocycles. The number of ketones is 1. The Bertz CT molecular complexity index is 351. The van der Waals surface area contributed by atoms with Crippen molar-refractivity contribution in [3.63, 3.8) is 0 Å². The second-order valence-corrected chi connectivity index (χ2v) is 5.82. The van der Waals surface area contributed by atoms with Gasteiger partial charge in [-0.25, -0.2) is 0 Å². The van der Waals surface area contributed by atoms with Gasteiger partial charge >= 0.3 is 0 Å². The first-order chi connectivity index (χ1) is 7.88. The number of hydrogen-bond donors (Lipinski definition) is 1. The van der Waals surface area contributed by atoms with Crippen molar-refractivity contribution in [2.24, 2.45) is 11.1 Å². The smallest absolute Gasteiger partial charge is 0.134 e. The normalized spacial score (nSPS) is 13.4. The minimum absolute atomic E-state index is 0.163. The first-order valence-electron chi connectivity index (χ1n) is 6.21. The molecule has 1 unspecified atom stereocenters. The van der Waals surface area contributed by atoms with Crippen molar-refractivity contribution in [1.82, 2.24) is 0 Å². The first-order valence-corrected chi connectivity index (χ1v) is 6.21. The summed E-state index contributed by atoms with van der Waals surface area (Å²) in [6.07, 6.45) is 2.00. The molecule has 2 heteroatoms. The van der Waals surface area contributed by atoms with Crippen molar-refractivity contribution in [2.45, 2.75) is 46.1 Å². The van der Waals surface area contributed by atoms with Crippen LogP contribution in [0.25, 0.3) is 0 Å². The summed E-state index contributed by atoms with van der Waals surface area (Å²) in [5.41, 5.74) is 7.27. The predicted molar refractivity (Wildman–Crippen MR) is 71.7 cm³/mol.